The molecule has 3 aromatic carbocycles. The van der Waals surface area contributed by atoms with Gasteiger partial charge in [-0.05, 0) is 65.8 Å². The van der Waals surface area contributed by atoms with Gasteiger partial charge in [0.1, 0.15) is 0 Å². The van der Waals surface area contributed by atoms with E-state index in [9.17, 15) is 23.1 Å². The average Bonchev–Trinajstić information content (AvgIpc) is 2.78. The molecule has 5 nitrogen and oxygen atoms in total. The number of hydrogen-bond donors (Lipinski definition) is 1. The summed E-state index contributed by atoms with van der Waals surface area (Å²) >= 11 is 18.4. The number of carbonyl (C=O) groups is 2. The highest BCUT2D eigenvalue weighted by atomic mass is 35.5. The first-order valence-corrected chi connectivity index (χ1v) is 13.5. The lowest BCUT2D eigenvalue weighted by molar-refractivity contribution is -0.138. The van der Waals surface area contributed by atoms with Crippen molar-refractivity contribution in [2.24, 2.45) is 5.92 Å². The quantitative estimate of drug-likeness (QED) is 0.333. The molecule has 0 aliphatic heterocycles. The van der Waals surface area contributed by atoms with E-state index < -0.39 is 21.1 Å². The zero-order chi connectivity index (χ0) is 25.3. The number of ketones is 1. The van der Waals surface area contributed by atoms with E-state index in [2.05, 4.69) is 0 Å². The largest absolute Gasteiger partial charge is 0.481 e. The van der Waals surface area contributed by atoms with Gasteiger partial charge in [-0.15, -0.1) is 0 Å². The van der Waals surface area contributed by atoms with E-state index >= 15 is 0 Å². The van der Waals surface area contributed by atoms with Crippen molar-refractivity contribution in [1.29, 1.82) is 0 Å². The molecule has 0 amide bonds. The molecule has 182 valence electrons. The van der Waals surface area contributed by atoms with Gasteiger partial charge in [-0.25, -0.2) is 8.42 Å². The molecule has 3 aromatic rings. The van der Waals surface area contributed by atoms with Crippen molar-refractivity contribution in [3.8, 4) is 0 Å². The van der Waals surface area contributed by atoms with Crippen LogP contribution in [0.3, 0.4) is 0 Å². The van der Waals surface area contributed by atoms with Crippen molar-refractivity contribution in [3.05, 3.63) is 98.0 Å². The molecule has 35 heavy (non-hydrogen) atoms. The molecule has 0 spiro atoms. The minimum Gasteiger partial charge on any atom is -0.481 e. The smallest absolute Gasteiger partial charge is 0.303 e. The van der Waals surface area contributed by atoms with Crippen molar-refractivity contribution in [2.45, 2.75) is 35.8 Å². The van der Waals surface area contributed by atoms with Crippen LogP contribution in [0.1, 0.15) is 45.1 Å². The first-order valence-electron chi connectivity index (χ1n) is 10.9. The van der Waals surface area contributed by atoms with E-state index in [1.54, 1.807) is 48.5 Å². The van der Waals surface area contributed by atoms with E-state index in [0.717, 1.165) is 5.56 Å². The fourth-order valence-electron chi connectivity index (χ4n) is 4.61. The Bertz CT molecular complexity index is 1400. The number of benzene rings is 3. The highest BCUT2D eigenvalue weighted by Crippen LogP contribution is 2.43. The first kappa shape index (κ1) is 25.7. The second kappa shape index (κ2) is 10.3. The summed E-state index contributed by atoms with van der Waals surface area (Å²) in [7, 11) is -3.88. The van der Waals surface area contributed by atoms with Gasteiger partial charge in [-0.3, -0.25) is 9.59 Å². The van der Waals surface area contributed by atoms with Crippen LogP contribution >= 0.6 is 34.8 Å². The van der Waals surface area contributed by atoms with Gasteiger partial charge in [0, 0.05) is 17.9 Å². The molecular formula is C26H21Cl3O5S. The van der Waals surface area contributed by atoms with Crippen LogP contribution in [0.4, 0.5) is 0 Å². The van der Waals surface area contributed by atoms with E-state index in [0.29, 0.717) is 22.6 Å². The van der Waals surface area contributed by atoms with Gasteiger partial charge in [0.25, 0.3) is 0 Å². The van der Waals surface area contributed by atoms with Crippen LogP contribution in [0.5, 0.6) is 0 Å². The molecule has 0 fully saturated rings. The predicted molar refractivity (Wildman–Crippen MR) is 136 cm³/mol. The van der Waals surface area contributed by atoms with Crippen molar-refractivity contribution in [3.63, 3.8) is 0 Å². The molecule has 1 unspecified atom stereocenters. The summed E-state index contributed by atoms with van der Waals surface area (Å²) in [6.07, 6.45) is 0.446. The van der Waals surface area contributed by atoms with Gasteiger partial charge in [-0.1, -0.05) is 65.1 Å². The third kappa shape index (κ3) is 5.56. The molecule has 9 heteroatoms. The molecule has 1 N–H and O–H groups in total. The molecule has 0 saturated carbocycles. The molecular weight excluding hydrogens is 531 g/mol. The molecule has 2 atom stereocenters. The number of rotatable bonds is 7. The maximum atomic E-state index is 13.7. The monoisotopic (exact) mass is 550 g/mol. The van der Waals surface area contributed by atoms with E-state index in [1.165, 1.54) is 12.1 Å². The number of carboxylic acid groups (broad SMARTS) is 1. The van der Waals surface area contributed by atoms with E-state index in [1.807, 2.05) is 0 Å². The summed E-state index contributed by atoms with van der Waals surface area (Å²) in [5, 5.41) is 9.15. The number of fused-ring (bicyclic) bond motifs is 1. The second-order valence-corrected chi connectivity index (χ2v) is 12.0. The normalized spacial score (nSPS) is 17.6. The molecule has 0 heterocycles. The lowest BCUT2D eigenvalue weighted by Crippen LogP contribution is -2.26. The summed E-state index contributed by atoms with van der Waals surface area (Å²) in [5.41, 5.74) is 2.16. The van der Waals surface area contributed by atoms with Gasteiger partial charge in [0.2, 0.25) is 0 Å². The van der Waals surface area contributed by atoms with Crippen LogP contribution < -0.4 is 0 Å². The Kier molecular flexibility index (Phi) is 7.57. The number of hydrogen-bond acceptors (Lipinski definition) is 4. The minimum absolute atomic E-state index is 0.0147. The highest BCUT2D eigenvalue weighted by Gasteiger charge is 2.37. The number of sulfone groups is 1. The number of carboxylic acids is 1. The summed E-state index contributed by atoms with van der Waals surface area (Å²) in [5.74, 6) is -1.60. The lowest BCUT2D eigenvalue weighted by Gasteiger charge is -2.31. The molecule has 0 saturated heterocycles. The van der Waals surface area contributed by atoms with Gasteiger partial charge in [-0.2, -0.15) is 0 Å². The zero-order valence-corrected chi connectivity index (χ0v) is 21.5. The second-order valence-electron chi connectivity index (χ2n) is 8.62. The topological polar surface area (TPSA) is 88.5 Å². The van der Waals surface area contributed by atoms with E-state index in [-0.39, 0.29) is 51.5 Å². The van der Waals surface area contributed by atoms with Crippen LogP contribution in [0, 0.1) is 5.92 Å². The SMILES string of the molecule is O=C(O)C[C@@H]1Cc2ccc(CC(=O)c3c(Cl)cccc3Cl)cc2C(S(=O)(=O)c2cccc(Cl)c2)C1. The Morgan fingerprint density at radius 1 is 0.943 bits per heavy atom. The number of carbonyl (C=O) groups excluding carboxylic acids is 1. The van der Waals surface area contributed by atoms with Crippen LogP contribution in [0.15, 0.2) is 65.6 Å². The van der Waals surface area contributed by atoms with E-state index in [4.69, 9.17) is 34.8 Å². The Morgan fingerprint density at radius 2 is 1.63 bits per heavy atom. The Labute approximate surface area is 218 Å². The van der Waals surface area contributed by atoms with Crippen LogP contribution in [0.2, 0.25) is 15.1 Å². The van der Waals surface area contributed by atoms with Crippen molar-refractivity contribution >= 4 is 56.4 Å². The fourth-order valence-corrected chi connectivity index (χ4v) is 7.44. The average molecular weight is 552 g/mol. The van der Waals surface area contributed by atoms with Gasteiger partial charge < -0.3 is 5.11 Å². The molecule has 4 rings (SSSR count). The van der Waals surface area contributed by atoms with Gasteiger partial charge in [0.15, 0.2) is 15.6 Å². The number of halogens is 3. The summed E-state index contributed by atoms with van der Waals surface area (Å²) < 4.78 is 27.3. The van der Waals surface area contributed by atoms with Crippen molar-refractivity contribution in [1.82, 2.24) is 0 Å². The number of aliphatic carboxylic acids is 1. The Hall–Kier alpha value is -2.38. The van der Waals surface area contributed by atoms with Crippen LogP contribution in [-0.2, 0) is 27.5 Å². The molecule has 0 bridgehead atoms. The highest BCUT2D eigenvalue weighted by molar-refractivity contribution is 7.91. The van der Waals surface area contributed by atoms with Gasteiger partial charge in [0.05, 0.1) is 25.8 Å². The first-order chi connectivity index (χ1) is 16.6. The van der Waals surface area contributed by atoms with Crippen molar-refractivity contribution < 1.29 is 23.1 Å². The summed E-state index contributed by atoms with van der Waals surface area (Å²) in [4.78, 5) is 24.4. The standard InChI is InChI=1S/C26H21Cl3O5S/c27-18-3-1-4-19(14-18)35(33,34)24-12-16(13-25(31)32)9-17-8-7-15(10-20(17)24)11-23(30)26-21(28)5-2-6-22(26)29/h1-8,10,14,16,24H,9,11-13H2,(H,31,32)/t16-,24?/m1/s1. The molecule has 1 aliphatic rings. The van der Waals surface area contributed by atoms with Crippen LogP contribution in [-0.4, -0.2) is 25.3 Å². The Balaban J connectivity index is 1.74. The lowest BCUT2D eigenvalue weighted by atomic mass is 9.81. The molecule has 1 aliphatic carbocycles. The minimum atomic E-state index is -3.88. The summed E-state index contributed by atoms with van der Waals surface area (Å²) in [6, 6.07) is 16.1. The van der Waals surface area contributed by atoms with Crippen LogP contribution in [0.25, 0.3) is 0 Å². The third-order valence-corrected chi connectivity index (χ3v) is 9.15. The maximum absolute atomic E-state index is 13.7. The third-order valence-electron chi connectivity index (χ3n) is 6.18. The van der Waals surface area contributed by atoms with Gasteiger partial charge >= 0.3 is 5.97 Å². The number of Topliss-reactive ketones (excluding diaryl/α,β-unsaturated/α-hetero) is 1. The molecule has 0 radical (unpaired) electrons. The maximum Gasteiger partial charge on any atom is 0.303 e. The Morgan fingerprint density at radius 3 is 2.29 bits per heavy atom. The summed E-state index contributed by atoms with van der Waals surface area (Å²) in [6.45, 7) is 0. The fraction of sp³-hybridized carbons (Fsp3) is 0.231. The predicted octanol–water partition coefficient (Wildman–Crippen LogP) is 6.62. The molecule has 0 aromatic heterocycles. The zero-order valence-electron chi connectivity index (χ0n) is 18.4. The van der Waals surface area contributed by atoms with Crippen molar-refractivity contribution in [2.75, 3.05) is 0 Å².